The Morgan fingerprint density at radius 2 is 1.95 bits per heavy atom. The number of aryl methyl sites for hydroxylation is 1. The van der Waals surface area contributed by atoms with Crippen LogP contribution in [0, 0.1) is 12.8 Å². The Morgan fingerprint density at radius 1 is 1.22 bits per heavy atom. The number of H-pyrrole nitrogens is 1. The van der Waals surface area contributed by atoms with E-state index < -0.39 is 47.8 Å². The van der Waals surface area contributed by atoms with Gasteiger partial charge in [0, 0.05) is 42.9 Å². The number of aliphatic carboxylic acids is 1. The number of carboxylic acids is 1. The lowest BCUT2D eigenvalue weighted by Crippen LogP contribution is -2.54. The predicted molar refractivity (Wildman–Crippen MR) is 154 cm³/mol. The van der Waals surface area contributed by atoms with Crippen molar-refractivity contribution in [3.8, 4) is 0 Å². The molecular formula is C30H44N4O7. The molecule has 4 atom stereocenters. The van der Waals surface area contributed by atoms with Crippen molar-refractivity contribution in [3.63, 3.8) is 0 Å². The summed E-state index contributed by atoms with van der Waals surface area (Å²) in [6, 6.07) is 3.82. The van der Waals surface area contributed by atoms with Crippen LogP contribution in [-0.2, 0) is 30.3 Å². The number of nitrogens with zero attached hydrogens (tertiary/aromatic N) is 1. The Morgan fingerprint density at radius 3 is 2.61 bits per heavy atom. The molecule has 3 amide bonds. The van der Waals surface area contributed by atoms with Crippen LogP contribution in [0.1, 0.15) is 71.4 Å². The Bertz CT molecular complexity index is 1240. The van der Waals surface area contributed by atoms with Crippen LogP contribution in [0.25, 0.3) is 10.9 Å². The largest absolute Gasteiger partial charge is 0.480 e. The number of carbonyl (C=O) groups excluding carboxylic acids is 3. The number of hydrogen-bond donors (Lipinski definition) is 4. The van der Waals surface area contributed by atoms with E-state index >= 15 is 0 Å². The number of aromatic nitrogens is 1. The van der Waals surface area contributed by atoms with Crippen molar-refractivity contribution in [3.05, 3.63) is 35.5 Å². The highest BCUT2D eigenvalue weighted by Crippen LogP contribution is 2.22. The second-order valence-electron chi connectivity index (χ2n) is 11.8. The minimum atomic E-state index is -1.13. The number of rotatable bonds is 11. The Hall–Kier alpha value is -3.60. The maximum atomic E-state index is 13.4. The summed E-state index contributed by atoms with van der Waals surface area (Å²) in [5.41, 5.74) is 2.14. The van der Waals surface area contributed by atoms with Crippen LogP contribution >= 0.6 is 0 Å². The summed E-state index contributed by atoms with van der Waals surface area (Å²) in [5.74, 6) is -2.41. The average Bonchev–Trinajstić information content (AvgIpc) is 3.30. The zero-order valence-electron chi connectivity index (χ0n) is 24.9. The molecule has 0 bridgehead atoms. The van der Waals surface area contributed by atoms with Crippen molar-refractivity contribution in [1.29, 1.82) is 0 Å². The van der Waals surface area contributed by atoms with E-state index in [1.54, 1.807) is 33.9 Å². The van der Waals surface area contributed by atoms with Crippen LogP contribution in [-0.4, -0.2) is 75.9 Å². The third kappa shape index (κ3) is 8.94. The molecule has 0 radical (unpaired) electrons. The van der Waals surface area contributed by atoms with E-state index in [1.165, 1.54) is 4.90 Å². The van der Waals surface area contributed by atoms with Gasteiger partial charge in [-0.15, -0.1) is 0 Å². The highest BCUT2D eigenvalue weighted by Gasteiger charge is 2.33. The number of aromatic amines is 1. The SMILES string of the molecule is CC[C@H](C)[C@H](NC(=O)[C@H](Cc1c[nH]c2cc(C)ccc12)NC(=O)CCC1OCCCN1C(=O)OC(C)(C)C)C(=O)O. The van der Waals surface area contributed by atoms with Gasteiger partial charge in [-0.3, -0.25) is 14.5 Å². The van der Waals surface area contributed by atoms with E-state index in [0.29, 0.717) is 26.0 Å². The molecule has 11 heteroatoms. The summed E-state index contributed by atoms with van der Waals surface area (Å²) in [7, 11) is 0. The summed E-state index contributed by atoms with van der Waals surface area (Å²) in [4.78, 5) is 55.9. The fourth-order valence-electron chi connectivity index (χ4n) is 4.81. The van der Waals surface area contributed by atoms with Gasteiger partial charge in [-0.25, -0.2) is 9.59 Å². The lowest BCUT2D eigenvalue weighted by Gasteiger charge is -2.36. The number of hydrogen-bond acceptors (Lipinski definition) is 6. The number of ether oxygens (including phenoxy) is 2. The second kappa shape index (κ2) is 13.8. The first-order valence-corrected chi connectivity index (χ1v) is 14.3. The number of nitrogens with one attached hydrogen (secondary N) is 3. The van der Waals surface area contributed by atoms with Crippen LogP contribution in [0.15, 0.2) is 24.4 Å². The van der Waals surface area contributed by atoms with Gasteiger partial charge < -0.3 is 30.2 Å². The van der Waals surface area contributed by atoms with Crippen molar-refractivity contribution >= 4 is 34.8 Å². The first-order chi connectivity index (χ1) is 19.3. The topological polar surface area (TPSA) is 150 Å². The smallest absolute Gasteiger partial charge is 0.412 e. The lowest BCUT2D eigenvalue weighted by molar-refractivity contribution is -0.143. The summed E-state index contributed by atoms with van der Waals surface area (Å²) < 4.78 is 11.3. The van der Waals surface area contributed by atoms with Crippen LogP contribution < -0.4 is 10.6 Å². The number of carbonyl (C=O) groups is 4. The molecular weight excluding hydrogens is 528 g/mol. The minimum Gasteiger partial charge on any atom is -0.480 e. The highest BCUT2D eigenvalue weighted by molar-refractivity contribution is 5.92. The quantitative estimate of drug-likeness (QED) is 0.319. The monoisotopic (exact) mass is 572 g/mol. The molecule has 1 aliphatic heterocycles. The molecule has 4 N–H and O–H groups in total. The van der Waals surface area contributed by atoms with Gasteiger partial charge in [-0.05, 0) is 57.2 Å². The fraction of sp³-hybridized carbons (Fsp3) is 0.600. The maximum absolute atomic E-state index is 13.4. The molecule has 3 rings (SSSR count). The summed E-state index contributed by atoms with van der Waals surface area (Å²) >= 11 is 0. The van der Waals surface area contributed by atoms with Gasteiger partial charge in [0.15, 0.2) is 0 Å². The molecule has 1 fully saturated rings. The third-order valence-electron chi connectivity index (χ3n) is 7.22. The van der Waals surface area contributed by atoms with Gasteiger partial charge in [0.1, 0.15) is 23.9 Å². The normalized spacial score (nSPS) is 17.9. The van der Waals surface area contributed by atoms with Crippen molar-refractivity contribution in [2.45, 2.75) is 97.6 Å². The molecule has 1 aromatic heterocycles. The van der Waals surface area contributed by atoms with Crippen LogP contribution in [0.3, 0.4) is 0 Å². The molecule has 41 heavy (non-hydrogen) atoms. The molecule has 2 aromatic rings. The number of amides is 3. The van der Waals surface area contributed by atoms with Crippen molar-refractivity contribution < 1.29 is 33.8 Å². The van der Waals surface area contributed by atoms with Crippen molar-refractivity contribution in [2.24, 2.45) is 5.92 Å². The molecule has 0 aliphatic carbocycles. The third-order valence-corrected chi connectivity index (χ3v) is 7.22. The van der Waals surface area contributed by atoms with E-state index in [0.717, 1.165) is 22.0 Å². The molecule has 2 heterocycles. The van der Waals surface area contributed by atoms with Crippen LogP contribution in [0.4, 0.5) is 4.79 Å². The Balaban J connectivity index is 1.74. The van der Waals surface area contributed by atoms with Gasteiger partial charge in [-0.1, -0.05) is 32.4 Å². The molecule has 0 saturated carbocycles. The zero-order chi connectivity index (χ0) is 30.3. The summed E-state index contributed by atoms with van der Waals surface area (Å²) in [6.07, 6.45) is 2.27. The lowest BCUT2D eigenvalue weighted by atomic mass is 9.98. The molecule has 11 nitrogen and oxygen atoms in total. The molecule has 1 aliphatic rings. The predicted octanol–water partition coefficient (Wildman–Crippen LogP) is 3.88. The molecule has 1 saturated heterocycles. The first-order valence-electron chi connectivity index (χ1n) is 14.3. The molecule has 0 spiro atoms. The van der Waals surface area contributed by atoms with Crippen LogP contribution in [0.5, 0.6) is 0 Å². The zero-order valence-corrected chi connectivity index (χ0v) is 24.9. The van der Waals surface area contributed by atoms with Gasteiger partial charge in [0.2, 0.25) is 11.8 Å². The molecule has 226 valence electrons. The van der Waals surface area contributed by atoms with Gasteiger partial charge in [-0.2, -0.15) is 0 Å². The van der Waals surface area contributed by atoms with Gasteiger partial charge in [0.05, 0.1) is 6.61 Å². The van der Waals surface area contributed by atoms with E-state index in [4.69, 9.17) is 9.47 Å². The summed E-state index contributed by atoms with van der Waals surface area (Å²) in [6.45, 7) is 11.9. The summed E-state index contributed by atoms with van der Waals surface area (Å²) in [5, 5.41) is 16.1. The van der Waals surface area contributed by atoms with E-state index in [-0.39, 0.29) is 25.2 Å². The first kappa shape index (κ1) is 31.9. The van der Waals surface area contributed by atoms with Crippen LogP contribution in [0.2, 0.25) is 0 Å². The average molecular weight is 573 g/mol. The van der Waals surface area contributed by atoms with E-state index in [9.17, 15) is 24.3 Å². The van der Waals surface area contributed by atoms with E-state index in [1.807, 2.05) is 32.0 Å². The van der Waals surface area contributed by atoms with Gasteiger partial charge in [0.25, 0.3) is 0 Å². The van der Waals surface area contributed by atoms with Gasteiger partial charge >= 0.3 is 12.1 Å². The van der Waals surface area contributed by atoms with E-state index in [2.05, 4.69) is 15.6 Å². The maximum Gasteiger partial charge on any atom is 0.412 e. The number of carboxylic acid groups (broad SMARTS) is 1. The Labute approximate surface area is 241 Å². The minimum absolute atomic E-state index is 0.00541. The molecule has 1 aromatic carbocycles. The number of fused-ring (bicyclic) bond motifs is 1. The highest BCUT2D eigenvalue weighted by atomic mass is 16.6. The second-order valence-corrected chi connectivity index (χ2v) is 11.8. The fourth-order valence-corrected chi connectivity index (χ4v) is 4.81. The van der Waals surface area contributed by atoms with Crippen molar-refractivity contribution in [1.82, 2.24) is 20.5 Å². The molecule has 1 unspecified atom stereocenters. The Kier molecular flexibility index (Phi) is 10.8. The number of benzene rings is 1. The van der Waals surface area contributed by atoms with Crippen molar-refractivity contribution in [2.75, 3.05) is 13.2 Å². The standard InChI is InChI=1S/C30H44N4O7/c1-7-19(3)26(28(37)38)33-27(36)23(16-20-17-31-22-15-18(2)9-10-21(20)22)32-24(35)11-12-25-34(13-8-14-40-25)29(39)41-30(4,5)6/h9-10,15,17,19,23,25-26,31H,7-8,11-14,16H2,1-6H3,(H,32,35)(H,33,36)(H,37,38)/t19-,23-,25?,26-/m0/s1.